The Kier molecular flexibility index (Phi) is 5.76. The number of hydrogen-bond donors (Lipinski definition) is 2. The molecule has 0 aliphatic heterocycles. The van der Waals surface area contributed by atoms with Gasteiger partial charge in [0.1, 0.15) is 11.4 Å². The quantitative estimate of drug-likeness (QED) is 0.857. The molecule has 1 amide bonds. The first-order valence-electron chi connectivity index (χ1n) is 6.52. The lowest BCUT2D eigenvalue weighted by Crippen LogP contribution is -2.36. The van der Waals surface area contributed by atoms with Gasteiger partial charge in [-0.25, -0.2) is 4.79 Å². The molecule has 0 saturated heterocycles. The average molecular weight is 281 g/mol. The van der Waals surface area contributed by atoms with Gasteiger partial charge < -0.3 is 20.5 Å². The second-order valence-electron chi connectivity index (χ2n) is 5.44. The summed E-state index contributed by atoms with van der Waals surface area (Å²) in [6.07, 6.45) is 1.20. The van der Waals surface area contributed by atoms with Gasteiger partial charge in [-0.1, -0.05) is 0 Å². The molecule has 1 unspecified atom stereocenters. The van der Waals surface area contributed by atoms with Crippen molar-refractivity contribution in [2.75, 3.05) is 20.2 Å². The molecule has 0 aliphatic carbocycles. The number of rotatable bonds is 5. The highest BCUT2D eigenvalue weighted by atomic mass is 16.6. The zero-order valence-corrected chi connectivity index (χ0v) is 12.5. The molecular weight excluding hydrogens is 258 g/mol. The molecule has 1 heterocycles. The zero-order valence-electron chi connectivity index (χ0n) is 12.5. The van der Waals surface area contributed by atoms with E-state index in [0.717, 1.165) is 5.69 Å². The summed E-state index contributed by atoms with van der Waals surface area (Å²) in [6.45, 7) is 6.19. The summed E-state index contributed by atoms with van der Waals surface area (Å²) < 4.78 is 10.3. The number of nitrogens with two attached hydrogens (primary N) is 1. The van der Waals surface area contributed by atoms with Crippen molar-refractivity contribution in [2.45, 2.75) is 32.3 Å². The molecule has 0 spiro atoms. The lowest BCUT2D eigenvalue weighted by molar-refractivity contribution is 0.0524. The van der Waals surface area contributed by atoms with Gasteiger partial charge in [0, 0.05) is 31.3 Å². The van der Waals surface area contributed by atoms with Crippen molar-refractivity contribution in [3.05, 3.63) is 24.0 Å². The van der Waals surface area contributed by atoms with Crippen LogP contribution in [0.3, 0.4) is 0 Å². The molecular formula is C14H23N3O3. The monoisotopic (exact) mass is 281 g/mol. The summed E-state index contributed by atoms with van der Waals surface area (Å²) in [6, 6.07) is 3.58. The van der Waals surface area contributed by atoms with E-state index in [1.165, 1.54) is 0 Å². The lowest BCUT2D eigenvalue weighted by Gasteiger charge is -2.21. The van der Waals surface area contributed by atoms with E-state index in [9.17, 15) is 4.79 Å². The van der Waals surface area contributed by atoms with Crippen LogP contribution in [0.2, 0.25) is 0 Å². The Bertz CT molecular complexity index is 444. The van der Waals surface area contributed by atoms with Crippen molar-refractivity contribution in [3.8, 4) is 5.75 Å². The minimum Gasteiger partial charge on any atom is -0.497 e. The van der Waals surface area contributed by atoms with Crippen LogP contribution in [0.1, 0.15) is 32.4 Å². The van der Waals surface area contributed by atoms with Crippen LogP contribution >= 0.6 is 0 Å². The largest absolute Gasteiger partial charge is 0.497 e. The molecule has 20 heavy (non-hydrogen) atoms. The van der Waals surface area contributed by atoms with Crippen LogP contribution in [0.15, 0.2) is 18.3 Å². The Morgan fingerprint density at radius 1 is 1.50 bits per heavy atom. The van der Waals surface area contributed by atoms with E-state index in [1.807, 2.05) is 26.8 Å². The lowest BCUT2D eigenvalue weighted by atomic mass is 10.1. The molecule has 1 atom stereocenters. The summed E-state index contributed by atoms with van der Waals surface area (Å²) in [7, 11) is 1.59. The van der Waals surface area contributed by atoms with E-state index >= 15 is 0 Å². The molecule has 1 rings (SSSR count). The number of pyridine rings is 1. The van der Waals surface area contributed by atoms with E-state index in [0.29, 0.717) is 18.8 Å². The molecule has 0 saturated carbocycles. The zero-order chi connectivity index (χ0) is 15.2. The number of amides is 1. The minimum atomic E-state index is -0.517. The fourth-order valence-corrected chi connectivity index (χ4v) is 1.61. The number of hydrogen-bond acceptors (Lipinski definition) is 5. The van der Waals surface area contributed by atoms with Crippen LogP contribution in [-0.2, 0) is 4.74 Å². The second-order valence-corrected chi connectivity index (χ2v) is 5.44. The molecule has 1 aromatic heterocycles. The van der Waals surface area contributed by atoms with Gasteiger partial charge in [-0.2, -0.15) is 0 Å². The van der Waals surface area contributed by atoms with Crippen LogP contribution < -0.4 is 15.8 Å². The highest BCUT2D eigenvalue weighted by Crippen LogP contribution is 2.17. The second kappa shape index (κ2) is 7.09. The molecule has 0 aliphatic rings. The van der Waals surface area contributed by atoms with Crippen molar-refractivity contribution in [3.63, 3.8) is 0 Å². The third-order valence-corrected chi connectivity index (χ3v) is 2.58. The van der Waals surface area contributed by atoms with Gasteiger partial charge in [0.2, 0.25) is 0 Å². The molecule has 0 radical (unpaired) electrons. The maximum absolute atomic E-state index is 11.6. The van der Waals surface area contributed by atoms with Crippen LogP contribution in [-0.4, -0.2) is 36.9 Å². The van der Waals surface area contributed by atoms with Gasteiger partial charge in [-0.05, 0) is 26.8 Å². The first-order valence-corrected chi connectivity index (χ1v) is 6.52. The predicted octanol–water partition coefficient (Wildman–Crippen LogP) is 1.66. The molecule has 3 N–H and O–H groups in total. The van der Waals surface area contributed by atoms with Gasteiger partial charge >= 0.3 is 6.09 Å². The Morgan fingerprint density at radius 2 is 2.20 bits per heavy atom. The maximum atomic E-state index is 11.6. The third-order valence-electron chi connectivity index (χ3n) is 2.58. The van der Waals surface area contributed by atoms with Crippen molar-refractivity contribution in [2.24, 2.45) is 5.73 Å². The molecule has 6 nitrogen and oxygen atoms in total. The Hall–Kier alpha value is -1.82. The normalized spacial score (nSPS) is 12.7. The predicted molar refractivity (Wildman–Crippen MR) is 76.8 cm³/mol. The summed E-state index contributed by atoms with van der Waals surface area (Å²) >= 11 is 0. The minimum absolute atomic E-state index is 0.0855. The SMILES string of the molecule is COc1ccnc(C(CN)CNC(=O)OC(C)(C)C)c1. The summed E-state index contributed by atoms with van der Waals surface area (Å²) in [4.78, 5) is 15.9. The smallest absolute Gasteiger partial charge is 0.407 e. The average Bonchev–Trinajstić information content (AvgIpc) is 2.37. The Morgan fingerprint density at radius 3 is 2.75 bits per heavy atom. The van der Waals surface area contributed by atoms with Crippen LogP contribution in [0, 0.1) is 0 Å². The standard InChI is InChI=1S/C14H23N3O3/c1-14(2,3)20-13(18)17-9-10(8-15)12-7-11(19-4)5-6-16-12/h5-7,10H,8-9,15H2,1-4H3,(H,17,18). The number of aromatic nitrogens is 1. The van der Waals surface area contributed by atoms with Gasteiger partial charge in [0.05, 0.1) is 12.8 Å². The third kappa shape index (κ3) is 5.44. The number of methoxy groups -OCH3 is 1. The number of nitrogens with zero attached hydrogens (tertiary/aromatic N) is 1. The van der Waals surface area contributed by atoms with Gasteiger partial charge in [0.25, 0.3) is 0 Å². The maximum Gasteiger partial charge on any atom is 0.407 e. The highest BCUT2D eigenvalue weighted by Gasteiger charge is 2.18. The van der Waals surface area contributed by atoms with Crippen molar-refractivity contribution in [1.29, 1.82) is 0 Å². The van der Waals surface area contributed by atoms with E-state index in [1.54, 1.807) is 19.4 Å². The topological polar surface area (TPSA) is 86.5 Å². The molecule has 1 aromatic rings. The number of carbonyl (C=O) groups excluding carboxylic acids is 1. The van der Waals surface area contributed by atoms with Crippen molar-refractivity contribution in [1.82, 2.24) is 10.3 Å². The number of alkyl carbamates (subject to hydrolysis) is 1. The summed E-state index contributed by atoms with van der Waals surface area (Å²) in [5.41, 5.74) is 6.00. The van der Waals surface area contributed by atoms with Crippen LogP contribution in [0.5, 0.6) is 5.75 Å². The molecule has 6 heteroatoms. The molecule has 0 aromatic carbocycles. The Labute approximate surface area is 119 Å². The van der Waals surface area contributed by atoms with E-state index in [-0.39, 0.29) is 5.92 Å². The first-order chi connectivity index (χ1) is 9.35. The fraction of sp³-hybridized carbons (Fsp3) is 0.571. The summed E-state index contributed by atoms with van der Waals surface area (Å²) in [5.74, 6) is 0.628. The van der Waals surface area contributed by atoms with Crippen LogP contribution in [0.4, 0.5) is 4.79 Å². The summed E-state index contributed by atoms with van der Waals surface area (Å²) in [5, 5.41) is 2.70. The molecule has 0 fully saturated rings. The number of ether oxygens (including phenoxy) is 2. The molecule has 112 valence electrons. The van der Waals surface area contributed by atoms with Crippen LogP contribution in [0.25, 0.3) is 0 Å². The van der Waals surface area contributed by atoms with E-state index in [2.05, 4.69) is 10.3 Å². The van der Waals surface area contributed by atoms with Crippen molar-refractivity contribution < 1.29 is 14.3 Å². The fourth-order valence-electron chi connectivity index (χ4n) is 1.61. The highest BCUT2D eigenvalue weighted by molar-refractivity contribution is 5.67. The molecule has 0 bridgehead atoms. The number of nitrogens with one attached hydrogen (secondary N) is 1. The Balaban J connectivity index is 2.61. The van der Waals surface area contributed by atoms with Gasteiger partial charge in [0.15, 0.2) is 0 Å². The van der Waals surface area contributed by atoms with Gasteiger partial charge in [-0.3, -0.25) is 4.98 Å². The first kappa shape index (κ1) is 16.2. The van der Waals surface area contributed by atoms with E-state index in [4.69, 9.17) is 15.2 Å². The number of carbonyl (C=O) groups is 1. The van der Waals surface area contributed by atoms with Gasteiger partial charge in [-0.15, -0.1) is 0 Å². The van der Waals surface area contributed by atoms with E-state index < -0.39 is 11.7 Å². The van der Waals surface area contributed by atoms with Crippen molar-refractivity contribution >= 4 is 6.09 Å².